The highest BCUT2D eigenvalue weighted by Gasteiger charge is 2.32. The lowest BCUT2D eigenvalue weighted by Gasteiger charge is -2.31. The summed E-state index contributed by atoms with van der Waals surface area (Å²) >= 11 is 0. The smallest absolute Gasteiger partial charge is 0.274 e. The third-order valence-electron chi connectivity index (χ3n) is 4.52. The molecule has 1 atom stereocenters. The Kier molecular flexibility index (Phi) is 6.20. The van der Waals surface area contributed by atoms with Crippen molar-refractivity contribution < 1.29 is 24.3 Å². The molecule has 0 radical (unpaired) electrons. The van der Waals surface area contributed by atoms with Crippen LogP contribution in [-0.2, 0) is 16.1 Å². The molecule has 0 saturated carbocycles. The first-order valence-corrected chi connectivity index (χ1v) is 9.50. The monoisotopic (exact) mass is 398 g/mol. The maximum atomic E-state index is 13.4. The second kappa shape index (κ2) is 8.63. The van der Waals surface area contributed by atoms with Gasteiger partial charge >= 0.3 is 0 Å². The van der Waals surface area contributed by atoms with Gasteiger partial charge in [0.05, 0.1) is 12.1 Å². The van der Waals surface area contributed by atoms with Crippen LogP contribution >= 0.6 is 0 Å². The Morgan fingerprint density at radius 1 is 1.17 bits per heavy atom. The van der Waals surface area contributed by atoms with Crippen molar-refractivity contribution in [2.45, 2.75) is 39.0 Å². The van der Waals surface area contributed by atoms with E-state index < -0.39 is 17.6 Å². The number of nitrogens with one attached hydrogen (secondary N) is 1. The van der Waals surface area contributed by atoms with E-state index in [2.05, 4.69) is 0 Å². The summed E-state index contributed by atoms with van der Waals surface area (Å²) < 4.78 is 11.9. The molecule has 0 aromatic heterocycles. The highest BCUT2D eigenvalue weighted by molar-refractivity contribution is 5.93. The van der Waals surface area contributed by atoms with Crippen LogP contribution in [0.1, 0.15) is 48.4 Å². The number of hydrogen-bond donors (Lipinski definition) is 2. The fourth-order valence-electron chi connectivity index (χ4n) is 3.17. The topological polar surface area (TPSA) is 88.1 Å². The maximum Gasteiger partial charge on any atom is 0.274 e. The molecule has 2 aromatic carbocycles. The maximum absolute atomic E-state index is 13.4. The van der Waals surface area contributed by atoms with Gasteiger partial charge < -0.3 is 14.4 Å². The SMILES string of the molecule is CC(C)(C)OC(C(=O)N1CCOc2cc(C(=O)NO)ccc2C1)c1ccccc1. The van der Waals surface area contributed by atoms with E-state index in [-0.39, 0.29) is 11.5 Å². The highest BCUT2D eigenvalue weighted by atomic mass is 16.5. The Hall–Kier alpha value is -2.90. The van der Waals surface area contributed by atoms with Crippen LogP contribution in [0.3, 0.4) is 0 Å². The number of amides is 2. The Labute approximate surface area is 170 Å². The van der Waals surface area contributed by atoms with Crippen molar-refractivity contribution in [3.63, 3.8) is 0 Å². The van der Waals surface area contributed by atoms with Gasteiger partial charge in [0.2, 0.25) is 0 Å². The van der Waals surface area contributed by atoms with Gasteiger partial charge in [0.25, 0.3) is 11.8 Å². The summed E-state index contributed by atoms with van der Waals surface area (Å²) in [5, 5.41) is 8.82. The molecule has 3 rings (SSSR count). The van der Waals surface area contributed by atoms with E-state index >= 15 is 0 Å². The summed E-state index contributed by atoms with van der Waals surface area (Å²) in [5.74, 6) is -0.231. The first kappa shape index (κ1) is 20.8. The Morgan fingerprint density at radius 2 is 1.90 bits per heavy atom. The minimum absolute atomic E-state index is 0.139. The van der Waals surface area contributed by atoms with E-state index in [0.29, 0.717) is 25.4 Å². The van der Waals surface area contributed by atoms with E-state index in [1.54, 1.807) is 28.6 Å². The second-order valence-corrected chi connectivity index (χ2v) is 7.89. The number of hydroxylamine groups is 1. The van der Waals surface area contributed by atoms with Crippen molar-refractivity contribution in [3.8, 4) is 5.75 Å². The van der Waals surface area contributed by atoms with E-state index in [0.717, 1.165) is 11.1 Å². The molecule has 7 heteroatoms. The predicted molar refractivity (Wildman–Crippen MR) is 107 cm³/mol. The van der Waals surface area contributed by atoms with Crippen LogP contribution in [0.15, 0.2) is 48.5 Å². The van der Waals surface area contributed by atoms with Crippen molar-refractivity contribution in [2.75, 3.05) is 13.2 Å². The van der Waals surface area contributed by atoms with Gasteiger partial charge in [0.15, 0.2) is 6.10 Å². The number of rotatable bonds is 4. The standard InChI is InChI=1S/C22H26N2O5/c1-22(2,3)29-19(15-7-5-4-6-8-15)21(26)24-11-12-28-18-13-16(20(25)23-27)9-10-17(18)14-24/h4-10,13,19,27H,11-12,14H2,1-3H3,(H,23,25). The summed E-state index contributed by atoms with van der Waals surface area (Å²) in [6.07, 6.45) is -0.725. The summed E-state index contributed by atoms with van der Waals surface area (Å²) in [7, 11) is 0. The summed E-state index contributed by atoms with van der Waals surface area (Å²) in [6, 6.07) is 14.3. The minimum atomic E-state index is -0.725. The molecular formula is C22H26N2O5. The molecule has 0 saturated heterocycles. The van der Waals surface area contributed by atoms with Gasteiger partial charge in [-0.15, -0.1) is 0 Å². The number of ether oxygens (including phenoxy) is 2. The number of carbonyl (C=O) groups is 2. The average Bonchev–Trinajstić information content (AvgIpc) is 2.92. The van der Waals surface area contributed by atoms with Crippen molar-refractivity contribution in [1.29, 1.82) is 0 Å². The molecule has 0 aliphatic carbocycles. The van der Waals surface area contributed by atoms with Crippen LogP contribution in [0.2, 0.25) is 0 Å². The van der Waals surface area contributed by atoms with E-state index in [9.17, 15) is 9.59 Å². The molecule has 2 aromatic rings. The predicted octanol–water partition coefficient (Wildman–Crippen LogP) is 3.08. The van der Waals surface area contributed by atoms with Crippen LogP contribution in [-0.4, -0.2) is 40.7 Å². The molecule has 0 spiro atoms. The van der Waals surface area contributed by atoms with Crippen LogP contribution in [0.5, 0.6) is 5.75 Å². The van der Waals surface area contributed by atoms with Gasteiger partial charge in [0, 0.05) is 17.7 Å². The van der Waals surface area contributed by atoms with Crippen molar-refractivity contribution >= 4 is 11.8 Å². The molecule has 154 valence electrons. The Balaban J connectivity index is 1.86. The third-order valence-corrected chi connectivity index (χ3v) is 4.52. The van der Waals surface area contributed by atoms with E-state index in [1.807, 2.05) is 51.1 Å². The molecule has 7 nitrogen and oxygen atoms in total. The number of benzene rings is 2. The molecule has 1 aliphatic heterocycles. The number of fused-ring (bicyclic) bond motifs is 1. The Bertz CT molecular complexity index is 877. The lowest BCUT2D eigenvalue weighted by Crippen LogP contribution is -2.39. The van der Waals surface area contributed by atoms with Crippen LogP contribution in [0.4, 0.5) is 0 Å². The molecule has 2 amide bonds. The number of hydrogen-bond acceptors (Lipinski definition) is 5. The lowest BCUT2D eigenvalue weighted by atomic mass is 10.1. The van der Waals surface area contributed by atoms with E-state index in [1.165, 1.54) is 0 Å². The van der Waals surface area contributed by atoms with Crippen LogP contribution in [0, 0.1) is 0 Å². The summed E-state index contributed by atoms with van der Waals surface area (Å²) in [4.78, 5) is 26.8. The molecule has 0 bridgehead atoms. The molecule has 0 fully saturated rings. The molecule has 1 aliphatic rings. The second-order valence-electron chi connectivity index (χ2n) is 7.89. The van der Waals surface area contributed by atoms with Crippen LogP contribution in [0.25, 0.3) is 0 Å². The summed E-state index contributed by atoms with van der Waals surface area (Å²) in [6.45, 7) is 6.79. The van der Waals surface area contributed by atoms with Crippen molar-refractivity contribution in [3.05, 3.63) is 65.2 Å². The van der Waals surface area contributed by atoms with Gasteiger partial charge in [-0.2, -0.15) is 0 Å². The zero-order valence-corrected chi connectivity index (χ0v) is 16.8. The van der Waals surface area contributed by atoms with Gasteiger partial charge in [-0.05, 0) is 38.5 Å². The molecule has 29 heavy (non-hydrogen) atoms. The zero-order valence-electron chi connectivity index (χ0n) is 16.8. The quantitative estimate of drug-likeness (QED) is 0.610. The van der Waals surface area contributed by atoms with Gasteiger partial charge in [0.1, 0.15) is 12.4 Å². The van der Waals surface area contributed by atoms with Gasteiger partial charge in [-0.25, -0.2) is 5.48 Å². The first-order chi connectivity index (χ1) is 13.8. The fourth-order valence-corrected chi connectivity index (χ4v) is 3.17. The van der Waals surface area contributed by atoms with Crippen LogP contribution < -0.4 is 10.2 Å². The van der Waals surface area contributed by atoms with Gasteiger partial charge in [-0.1, -0.05) is 36.4 Å². The molecular weight excluding hydrogens is 372 g/mol. The summed E-state index contributed by atoms with van der Waals surface area (Å²) in [5.41, 5.74) is 2.98. The van der Waals surface area contributed by atoms with Crippen molar-refractivity contribution in [2.24, 2.45) is 0 Å². The fraction of sp³-hybridized carbons (Fsp3) is 0.364. The highest BCUT2D eigenvalue weighted by Crippen LogP contribution is 2.30. The normalized spacial score (nSPS) is 15.0. The van der Waals surface area contributed by atoms with Gasteiger partial charge in [-0.3, -0.25) is 14.8 Å². The molecule has 2 N–H and O–H groups in total. The number of nitrogens with zero attached hydrogens (tertiary/aromatic N) is 1. The Morgan fingerprint density at radius 3 is 2.55 bits per heavy atom. The van der Waals surface area contributed by atoms with Crippen molar-refractivity contribution in [1.82, 2.24) is 10.4 Å². The van der Waals surface area contributed by atoms with E-state index in [4.69, 9.17) is 14.7 Å². The molecule has 1 heterocycles. The third kappa shape index (κ3) is 5.13. The minimum Gasteiger partial charge on any atom is -0.491 e. The zero-order chi connectivity index (χ0) is 21.0. The lowest BCUT2D eigenvalue weighted by molar-refractivity contribution is -0.154. The average molecular weight is 398 g/mol. The molecule has 1 unspecified atom stereocenters. The first-order valence-electron chi connectivity index (χ1n) is 9.50. The number of carbonyl (C=O) groups excluding carboxylic acids is 2. The largest absolute Gasteiger partial charge is 0.491 e.